The van der Waals surface area contributed by atoms with E-state index < -0.39 is 26.3 Å². The lowest BCUT2D eigenvalue weighted by Crippen LogP contribution is -2.42. The van der Waals surface area contributed by atoms with Crippen LogP contribution in [-0.2, 0) is 10.0 Å². The van der Waals surface area contributed by atoms with Crippen LogP contribution in [0.15, 0.2) is 29.2 Å². The molecule has 1 atom stereocenters. The third-order valence-corrected chi connectivity index (χ3v) is 4.64. The Morgan fingerprint density at radius 2 is 2.06 bits per heavy atom. The molecule has 1 saturated carbocycles. The second-order valence-corrected chi connectivity index (χ2v) is 6.62. The molecule has 1 aliphatic rings. The maximum Gasteiger partial charge on any atom is 0.243 e. The van der Waals surface area contributed by atoms with Crippen molar-refractivity contribution in [2.45, 2.75) is 30.3 Å². The molecule has 1 aromatic rings. The monoisotopic (exact) mass is 273 g/mol. The molecule has 6 heteroatoms. The molecule has 0 saturated heterocycles. The fourth-order valence-corrected chi connectivity index (χ4v) is 3.05. The van der Waals surface area contributed by atoms with Gasteiger partial charge in [0.05, 0.1) is 5.60 Å². The summed E-state index contributed by atoms with van der Waals surface area (Å²) in [4.78, 5) is -0.392. The summed E-state index contributed by atoms with van der Waals surface area (Å²) in [5.41, 5.74) is -1.07. The first-order valence-electron chi connectivity index (χ1n) is 5.79. The van der Waals surface area contributed by atoms with Gasteiger partial charge < -0.3 is 5.11 Å². The average molecular weight is 273 g/mol. The molecular weight excluding hydrogens is 257 g/mol. The summed E-state index contributed by atoms with van der Waals surface area (Å²) in [5.74, 6) is -0.670. The normalized spacial score (nSPS) is 19.5. The number of hydrogen-bond donors (Lipinski definition) is 2. The molecule has 2 N–H and O–H groups in total. The van der Waals surface area contributed by atoms with Gasteiger partial charge in [-0.25, -0.2) is 17.5 Å². The number of hydrogen-bond acceptors (Lipinski definition) is 3. The van der Waals surface area contributed by atoms with Crippen molar-refractivity contribution in [3.8, 4) is 0 Å². The summed E-state index contributed by atoms with van der Waals surface area (Å²) in [7, 11) is -3.91. The minimum absolute atomic E-state index is 0.103. The molecule has 1 fully saturated rings. The Kier molecular flexibility index (Phi) is 3.44. The zero-order valence-electron chi connectivity index (χ0n) is 10.1. The Hall–Kier alpha value is -0.980. The Morgan fingerprint density at radius 3 is 2.61 bits per heavy atom. The lowest BCUT2D eigenvalue weighted by molar-refractivity contribution is 0.0422. The summed E-state index contributed by atoms with van der Waals surface area (Å²) in [6.07, 6.45) is 1.79. The SMILES string of the molecule is CC(O)(CNS(=O)(=O)c1ccccc1F)C1CC1. The second kappa shape index (κ2) is 4.60. The standard InChI is InChI=1S/C12H16FNO3S/c1-12(15,9-6-7-9)8-14-18(16,17)11-5-3-2-4-10(11)13/h2-5,9,14-15H,6-8H2,1H3. The fraction of sp³-hybridized carbons (Fsp3) is 0.500. The third-order valence-electron chi connectivity index (χ3n) is 3.20. The van der Waals surface area contributed by atoms with Crippen molar-refractivity contribution in [3.05, 3.63) is 30.1 Å². The number of nitrogens with one attached hydrogen (secondary N) is 1. The average Bonchev–Trinajstić information content (AvgIpc) is 3.11. The lowest BCUT2D eigenvalue weighted by Gasteiger charge is -2.23. The van der Waals surface area contributed by atoms with Gasteiger partial charge in [-0.15, -0.1) is 0 Å². The van der Waals surface area contributed by atoms with E-state index in [4.69, 9.17) is 0 Å². The van der Waals surface area contributed by atoms with Gasteiger partial charge in [0.1, 0.15) is 10.7 Å². The first-order valence-corrected chi connectivity index (χ1v) is 7.28. The molecular formula is C12H16FNO3S. The third kappa shape index (κ3) is 2.88. The van der Waals surface area contributed by atoms with Crippen LogP contribution >= 0.6 is 0 Å². The number of aliphatic hydroxyl groups is 1. The molecule has 0 bridgehead atoms. The van der Waals surface area contributed by atoms with Crippen LogP contribution < -0.4 is 4.72 Å². The summed E-state index contributed by atoms with van der Waals surface area (Å²) in [5, 5.41) is 10.0. The fourth-order valence-electron chi connectivity index (χ4n) is 1.83. The van der Waals surface area contributed by atoms with Crippen LogP contribution in [0.3, 0.4) is 0 Å². The second-order valence-electron chi connectivity index (χ2n) is 4.89. The number of rotatable bonds is 5. The molecule has 0 heterocycles. The largest absolute Gasteiger partial charge is 0.389 e. The van der Waals surface area contributed by atoms with E-state index in [-0.39, 0.29) is 12.5 Å². The summed E-state index contributed by atoms with van der Waals surface area (Å²) in [6.45, 7) is 1.49. The van der Waals surface area contributed by atoms with Gasteiger partial charge in [-0.3, -0.25) is 0 Å². The van der Waals surface area contributed by atoms with Gasteiger partial charge in [0.25, 0.3) is 0 Å². The highest BCUT2D eigenvalue weighted by atomic mass is 32.2. The van der Waals surface area contributed by atoms with E-state index >= 15 is 0 Å². The van der Waals surface area contributed by atoms with Gasteiger partial charge in [-0.05, 0) is 37.8 Å². The molecule has 18 heavy (non-hydrogen) atoms. The van der Waals surface area contributed by atoms with E-state index in [0.29, 0.717) is 0 Å². The molecule has 1 aromatic carbocycles. The van der Waals surface area contributed by atoms with Crippen LogP contribution in [0, 0.1) is 11.7 Å². The quantitative estimate of drug-likeness (QED) is 0.849. The molecule has 2 rings (SSSR count). The molecule has 0 radical (unpaired) electrons. The molecule has 0 aliphatic heterocycles. The highest BCUT2D eigenvalue weighted by Gasteiger charge is 2.40. The smallest absolute Gasteiger partial charge is 0.243 e. The van der Waals surface area contributed by atoms with E-state index in [9.17, 15) is 17.9 Å². The Morgan fingerprint density at radius 1 is 1.44 bits per heavy atom. The maximum absolute atomic E-state index is 13.4. The summed E-state index contributed by atoms with van der Waals surface area (Å²) in [6, 6.07) is 5.17. The van der Waals surface area contributed by atoms with Crippen molar-refractivity contribution in [2.24, 2.45) is 5.92 Å². The highest BCUT2D eigenvalue weighted by molar-refractivity contribution is 7.89. The zero-order chi connectivity index (χ0) is 13.4. The Bertz CT molecular complexity index is 538. The van der Waals surface area contributed by atoms with E-state index in [1.807, 2.05) is 0 Å². The number of sulfonamides is 1. The van der Waals surface area contributed by atoms with Crippen molar-refractivity contribution in [1.29, 1.82) is 0 Å². The molecule has 0 amide bonds. The van der Waals surface area contributed by atoms with E-state index in [1.165, 1.54) is 18.2 Å². The molecule has 1 aliphatic carbocycles. The van der Waals surface area contributed by atoms with Crippen LogP contribution in [0.4, 0.5) is 4.39 Å². The van der Waals surface area contributed by atoms with Crippen LogP contribution in [0.1, 0.15) is 19.8 Å². The molecule has 0 aromatic heterocycles. The summed E-state index contributed by atoms with van der Waals surface area (Å²) >= 11 is 0. The first kappa shape index (κ1) is 13.5. The van der Waals surface area contributed by atoms with E-state index in [0.717, 1.165) is 18.9 Å². The van der Waals surface area contributed by atoms with Crippen LogP contribution in [0.25, 0.3) is 0 Å². The van der Waals surface area contributed by atoms with Gasteiger partial charge in [0.2, 0.25) is 10.0 Å². The van der Waals surface area contributed by atoms with Crippen LogP contribution in [-0.4, -0.2) is 25.7 Å². The Labute approximate surface area is 106 Å². The number of benzene rings is 1. The van der Waals surface area contributed by atoms with Crippen molar-refractivity contribution in [3.63, 3.8) is 0 Å². The molecule has 1 unspecified atom stereocenters. The topological polar surface area (TPSA) is 66.4 Å². The lowest BCUT2D eigenvalue weighted by atomic mass is 10.0. The molecule has 100 valence electrons. The van der Waals surface area contributed by atoms with Crippen molar-refractivity contribution >= 4 is 10.0 Å². The zero-order valence-corrected chi connectivity index (χ0v) is 10.9. The van der Waals surface area contributed by atoms with Gasteiger partial charge >= 0.3 is 0 Å². The Balaban J connectivity index is 2.11. The number of halogens is 1. The van der Waals surface area contributed by atoms with Crippen molar-refractivity contribution < 1.29 is 17.9 Å². The first-order chi connectivity index (χ1) is 8.33. The minimum atomic E-state index is -3.91. The van der Waals surface area contributed by atoms with Crippen molar-refractivity contribution in [2.75, 3.05) is 6.54 Å². The van der Waals surface area contributed by atoms with E-state index in [2.05, 4.69) is 4.72 Å². The predicted octanol–water partition coefficient (Wildman–Crippen LogP) is 1.26. The predicted molar refractivity (Wildman–Crippen MR) is 64.9 cm³/mol. The molecule has 0 spiro atoms. The van der Waals surface area contributed by atoms with Gasteiger partial charge in [-0.2, -0.15) is 0 Å². The summed E-state index contributed by atoms with van der Waals surface area (Å²) < 4.78 is 39.4. The van der Waals surface area contributed by atoms with Gasteiger partial charge in [0.15, 0.2) is 0 Å². The van der Waals surface area contributed by atoms with Crippen molar-refractivity contribution in [1.82, 2.24) is 4.72 Å². The maximum atomic E-state index is 13.4. The van der Waals surface area contributed by atoms with Gasteiger partial charge in [0, 0.05) is 6.54 Å². The highest BCUT2D eigenvalue weighted by Crippen LogP contribution is 2.39. The van der Waals surface area contributed by atoms with Crippen LogP contribution in [0.5, 0.6) is 0 Å². The van der Waals surface area contributed by atoms with E-state index in [1.54, 1.807) is 6.92 Å². The minimum Gasteiger partial charge on any atom is -0.389 e. The molecule has 4 nitrogen and oxygen atoms in total. The van der Waals surface area contributed by atoms with Gasteiger partial charge in [-0.1, -0.05) is 12.1 Å². The van der Waals surface area contributed by atoms with Crippen LogP contribution in [0.2, 0.25) is 0 Å².